The molecular weight excluding hydrogens is 715 g/mol. The fraction of sp³-hybridized carbons (Fsp3) is 0.231. The molecule has 3 heterocycles. The van der Waals surface area contributed by atoms with Gasteiger partial charge in [0.25, 0.3) is 5.91 Å². The Balaban J connectivity index is 1.33. The summed E-state index contributed by atoms with van der Waals surface area (Å²) in [5.74, 6) is -2.36. The summed E-state index contributed by atoms with van der Waals surface area (Å²) in [6, 6.07) is 17.8. The number of halogens is 2. The lowest BCUT2D eigenvalue weighted by molar-refractivity contribution is -0.136. The molecule has 0 aliphatic carbocycles. The summed E-state index contributed by atoms with van der Waals surface area (Å²) < 4.78 is 21.4. The number of amides is 2. The molecule has 15 heteroatoms. The van der Waals surface area contributed by atoms with Crippen molar-refractivity contribution >= 4 is 41.2 Å². The summed E-state index contributed by atoms with van der Waals surface area (Å²) in [7, 11) is 5.13. The van der Waals surface area contributed by atoms with Crippen LogP contribution in [0.5, 0.6) is 0 Å². The van der Waals surface area contributed by atoms with Crippen molar-refractivity contribution < 1.29 is 28.3 Å². The number of ether oxygens (including phenoxy) is 1. The number of nitrogens with zero attached hydrogens (tertiary/aromatic N) is 7. The molecule has 0 saturated carbocycles. The SMILES string of the molecule is COC(=O)c1ccc(CC(=O)C2c3cccc(-c4ccc(C(=O)NCCN(C)C)cc4)c3CCN2C(=O)/C=C/c2c(-n3cnnn3)ccc(Cl)c2F)nc1. The first-order valence-corrected chi connectivity index (χ1v) is 17.3. The predicted octanol–water partition coefficient (Wildman–Crippen LogP) is 4.55. The summed E-state index contributed by atoms with van der Waals surface area (Å²) in [4.78, 5) is 60.8. The van der Waals surface area contributed by atoms with Crippen LogP contribution in [-0.4, -0.2) is 99.4 Å². The van der Waals surface area contributed by atoms with Crippen molar-refractivity contribution in [2.45, 2.75) is 18.9 Å². The molecule has 6 rings (SSSR count). The van der Waals surface area contributed by atoms with Crippen LogP contribution < -0.4 is 5.32 Å². The highest BCUT2D eigenvalue weighted by Crippen LogP contribution is 2.38. The number of aromatic nitrogens is 5. The second kappa shape index (κ2) is 16.7. The van der Waals surface area contributed by atoms with Crippen LogP contribution in [0.15, 0.2) is 85.3 Å². The van der Waals surface area contributed by atoms with E-state index in [1.165, 1.54) is 59.6 Å². The van der Waals surface area contributed by atoms with Crippen molar-refractivity contribution in [2.24, 2.45) is 0 Å². The van der Waals surface area contributed by atoms with E-state index in [0.717, 1.165) is 16.7 Å². The number of ketones is 1. The van der Waals surface area contributed by atoms with E-state index in [4.69, 9.17) is 16.3 Å². The van der Waals surface area contributed by atoms with E-state index in [1.54, 1.807) is 18.2 Å². The minimum Gasteiger partial charge on any atom is -0.465 e. The van der Waals surface area contributed by atoms with Gasteiger partial charge < -0.3 is 19.9 Å². The Hall–Kier alpha value is -6.12. The van der Waals surface area contributed by atoms with Crippen molar-refractivity contribution in [3.63, 3.8) is 0 Å². The molecule has 0 radical (unpaired) electrons. The summed E-state index contributed by atoms with van der Waals surface area (Å²) in [6.45, 7) is 1.39. The first-order valence-electron chi connectivity index (χ1n) is 17.0. The zero-order valence-corrected chi connectivity index (χ0v) is 30.5. The maximum atomic E-state index is 15.3. The first-order chi connectivity index (χ1) is 26.0. The van der Waals surface area contributed by atoms with Crippen LogP contribution in [0.3, 0.4) is 0 Å². The first kappa shape index (κ1) is 37.6. The monoisotopic (exact) mass is 750 g/mol. The molecule has 276 valence electrons. The number of rotatable bonds is 12. The number of methoxy groups -OCH3 is 1. The highest BCUT2D eigenvalue weighted by Gasteiger charge is 2.36. The van der Waals surface area contributed by atoms with Crippen molar-refractivity contribution in [1.82, 2.24) is 40.3 Å². The molecule has 3 aromatic carbocycles. The largest absolute Gasteiger partial charge is 0.465 e. The highest BCUT2D eigenvalue weighted by atomic mass is 35.5. The number of tetrazole rings is 1. The number of benzene rings is 3. The van der Waals surface area contributed by atoms with Gasteiger partial charge in [-0.15, -0.1) is 5.10 Å². The third-order valence-corrected chi connectivity index (χ3v) is 9.30. The topological polar surface area (TPSA) is 153 Å². The Morgan fingerprint density at radius 2 is 1.81 bits per heavy atom. The van der Waals surface area contributed by atoms with E-state index in [1.807, 2.05) is 49.3 Å². The molecule has 5 aromatic rings. The summed E-state index contributed by atoms with van der Waals surface area (Å²) in [5, 5.41) is 13.8. The lowest BCUT2D eigenvalue weighted by Crippen LogP contribution is -2.43. The van der Waals surface area contributed by atoms with Gasteiger partial charge in [-0.1, -0.05) is 41.9 Å². The number of hydrogen-bond acceptors (Lipinski definition) is 10. The molecule has 2 amide bonds. The van der Waals surface area contributed by atoms with Gasteiger partial charge in [0, 0.05) is 48.7 Å². The third-order valence-electron chi connectivity index (χ3n) is 9.01. The fourth-order valence-electron chi connectivity index (χ4n) is 6.30. The van der Waals surface area contributed by atoms with E-state index in [9.17, 15) is 19.2 Å². The van der Waals surface area contributed by atoms with Gasteiger partial charge in [-0.05, 0) is 95.7 Å². The third kappa shape index (κ3) is 8.24. The predicted molar refractivity (Wildman–Crippen MR) is 198 cm³/mol. The van der Waals surface area contributed by atoms with E-state index in [2.05, 4.69) is 25.8 Å². The molecule has 1 atom stereocenters. The number of carbonyl (C=O) groups is 4. The van der Waals surface area contributed by atoms with Gasteiger partial charge in [-0.25, -0.2) is 9.18 Å². The standard InChI is InChI=1S/C39H36ClFN8O5/c1-47(2)20-18-42-38(52)25-9-7-24(8-10-25)28-5-4-6-30-29(28)17-19-48(37(30)34(50)21-27-12-11-26(22-43-27)39(53)54-3)35(51)16-13-31-33(49-23-44-45-46-49)15-14-32(40)36(31)41/h4-16,22-23,37H,17-21H2,1-3H3,(H,42,52)/b16-13+. The average molecular weight is 751 g/mol. The van der Waals surface area contributed by atoms with E-state index < -0.39 is 23.7 Å². The van der Waals surface area contributed by atoms with Gasteiger partial charge in [0.15, 0.2) is 11.6 Å². The van der Waals surface area contributed by atoms with Crippen molar-refractivity contribution in [2.75, 3.05) is 40.8 Å². The lowest BCUT2D eigenvalue weighted by Gasteiger charge is -2.37. The smallest absolute Gasteiger partial charge is 0.339 e. The van der Waals surface area contributed by atoms with Crippen molar-refractivity contribution in [3.8, 4) is 16.8 Å². The van der Waals surface area contributed by atoms with Crippen molar-refractivity contribution in [3.05, 3.63) is 130 Å². The molecule has 0 bridgehead atoms. The number of esters is 1. The fourth-order valence-corrected chi connectivity index (χ4v) is 6.46. The Labute approximate surface area is 315 Å². The van der Waals surface area contributed by atoms with E-state index >= 15 is 4.39 Å². The molecule has 1 N–H and O–H groups in total. The molecule has 13 nitrogen and oxygen atoms in total. The molecule has 54 heavy (non-hydrogen) atoms. The molecule has 1 aliphatic rings. The summed E-state index contributed by atoms with van der Waals surface area (Å²) in [5.41, 5.74) is 4.59. The number of carbonyl (C=O) groups excluding carboxylic acids is 4. The summed E-state index contributed by atoms with van der Waals surface area (Å²) in [6.07, 6.45) is 5.38. The molecule has 1 aliphatic heterocycles. The van der Waals surface area contributed by atoms with Crippen LogP contribution in [0.2, 0.25) is 5.02 Å². The Morgan fingerprint density at radius 3 is 2.50 bits per heavy atom. The maximum Gasteiger partial charge on any atom is 0.339 e. The quantitative estimate of drug-likeness (QED) is 0.142. The number of likely N-dealkylation sites (N-methyl/N-ethyl adjacent to an activating group) is 1. The molecule has 0 fully saturated rings. The lowest BCUT2D eigenvalue weighted by atomic mass is 9.84. The van der Waals surface area contributed by atoms with Gasteiger partial charge in [-0.2, -0.15) is 4.68 Å². The number of pyridine rings is 1. The Morgan fingerprint density at radius 1 is 1.04 bits per heavy atom. The minimum absolute atomic E-state index is 0.0181. The number of Topliss-reactive ketones (excluding diaryl/α,β-unsaturated/α-hetero) is 1. The minimum atomic E-state index is -1.03. The number of fused-ring (bicyclic) bond motifs is 1. The van der Waals surface area contributed by atoms with Gasteiger partial charge in [0.1, 0.15) is 12.4 Å². The molecule has 0 saturated heterocycles. The van der Waals surface area contributed by atoms with Crippen LogP contribution in [0.1, 0.15) is 49.1 Å². The molecule has 1 unspecified atom stereocenters. The zero-order valence-electron chi connectivity index (χ0n) is 29.7. The van der Waals surface area contributed by atoms with Gasteiger partial charge in [-0.3, -0.25) is 19.4 Å². The normalized spacial score (nSPS) is 13.9. The number of nitrogens with one attached hydrogen (secondary N) is 1. The molecule has 2 aromatic heterocycles. The summed E-state index contributed by atoms with van der Waals surface area (Å²) >= 11 is 6.10. The maximum absolute atomic E-state index is 15.3. The highest BCUT2D eigenvalue weighted by molar-refractivity contribution is 6.31. The van der Waals surface area contributed by atoms with Gasteiger partial charge >= 0.3 is 5.97 Å². The second-order valence-electron chi connectivity index (χ2n) is 12.7. The molecular formula is C39H36ClFN8O5. The van der Waals surface area contributed by atoms with Crippen molar-refractivity contribution in [1.29, 1.82) is 0 Å². The second-order valence-corrected chi connectivity index (χ2v) is 13.2. The van der Waals surface area contributed by atoms with Crippen LogP contribution in [0.4, 0.5) is 4.39 Å². The Bertz CT molecular complexity index is 2210. The van der Waals surface area contributed by atoms with Crippen LogP contribution in [0, 0.1) is 5.82 Å². The van der Waals surface area contributed by atoms with E-state index in [0.29, 0.717) is 36.3 Å². The average Bonchev–Trinajstić information content (AvgIpc) is 3.72. The van der Waals surface area contributed by atoms with Crippen LogP contribution in [0.25, 0.3) is 22.9 Å². The molecule has 0 spiro atoms. The van der Waals surface area contributed by atoms with E-state index in [-0.39, 0.29) is 46.5 Å². The van der Waals surface area contributed by atoms with Gasteiger partial charge in [0.05, 0.1) is 29.8 Å². The van der Waals surface area contributed by atoms with Gasteiger partial charge in [0.2, 0.25) is 5.91 Å². The van der Waals surface area contributed by atoms with Crippen LogP contribution >= 0.6 is 11.6 Å². The zero-order chi connectivity index (χ0) is 38.4. The van der Waals surface area contributed by atoms with Crippen LogP contribution in [-0.2, 0) is 27.2 Å². The number of hydrogen-bond donors (Lipinski definition) is 1. The Kier molecular flexibility index (Phi) is 11.6.